The monoisotopic (exact) mass is 189 g/mol. The summed E-state index contributed by atoms with van der Waals surface area (Å²) in [6, 6.07) is 3.91. The molecule has 4 heteroatoms. The molecular formula is C10H11N3O. The van der Waals surface area contributed by atoms with Gasteiger partial charge in [0.1, 0.15) is 0 Å². The van der Waals surface area contributed by atoms with Gasteiger partial charge < -0.3 is 4.98 Å². The van der Waals surface area contributed by atoms with Gasteiger partial charge in [-0.05, 0) is 24.1 Å². The summed E-state index contributed by atoms with van der Waals surface area (Å²) in [7, 11) is 0. The minimum Gasteiger partial charge on any atom is -0.313 e. The lowest BCUT2D eigenvalue weighted by atomic mass is 10.2. The van der Waals surface area contributed by atoms with E-state index < -0.39 is 0 Å². The zero-order valence-corrected chi connectivity index (χ0v) is 7.68. The smallest absolute Gasteiger partial charge is 0.313 e. The highest BCUT2D eigenvalue weighted by Crippen LogP contribution is 1.98. The maximum absolute atomic E-state index is 11.1. The van der Waals surface area contributed by atoms with Crippen LogP contribution in [0.5, 0.6) is 0 Å². The summed E-state index contributed by atoms with van der Waals surface area (Å²) < 4.78 is 1.65. The van der Waals surface area contributed by atoms with Gasteiger partial charge in [0.05, 0.1) is 0 Å². The summed E-state index contributed by atoms with van der Waals surface area (Å²) in [4.78, 5) is 17.7. The molecule has 0 spiro atoms. The van der Waals surface area contributed by atoms with Crippen LogP contribution in [0.1, 0.15) is 5.56 Å². The van der Waals surface area contributed by atoms with E-state index in [0.717, 1.165) is 6.42 Å². The van der Waals surface area contributed by atoms with Crippen molar-refractivity contribution in [2.24, 2.45) is 0 Å². The van der Waals surface area contributed by atoms with Crippen LogP contribution < -0.4 is 5.69 Å². The highest BCUT2D eigenvalue weighted by Gasteiger charge is 1.96. The third-order valence-electron chi connectivity index (χ3n) is 2.11. The largest absolute Gasteiger partial charge is 0.325 e. The van der Waals surface area contributed by atoms with Crippen molar-refractivity contribution >= 4 is 0 Å². The highest BCUT2D eigenvalue weighted by atomic mass is 16.1. The van der Waals surface area contributed by atoms with Gasteiger partial charge in [0.25, 0.3) is 0 Å². The number of rotatable bonds is 3. The molecule has 0 amide bonds. The molecule has 14 heavy (non-hydrogen) atoms. The summed E-state index contributed by atoms with van der Waals surface area (Å²) in [5.41, 5.74) is 1.13. The second-order valence-corrected chi connectivity index (χ2v) is 3.06. The molecule has 0 saturated carbocycles. The molecule has 0 aliphatic heterocycles. The van der Waals surface area contributed by atoms with Crippen molar-refractivity contribution in [3.8, 4) is 0 Å². The molecule has 72 valence electrons. The average Bonchev–Trinajstić information content (AvgIpc) is 2.63. The first-order valence-corrected chi connectivity index (χ1v) is 4.49. The lowest BCUT2D eigenvalue weighted by Crippen LogP contribution is -2.17. The van der Waals surface area contributed by atoms with Crippen LogP contribution in [0.2, 0.25) is 0 Å². The minimum atomic E-state index is -0.0564. The SMILES string of the molecule is O=c1[nH]ccn1CCc1ccncc1. The first-order chi connectivity index (χ1) is 6.86. The minimum absolute atomic E-state index is 0.0564. The van der Waals surface area contributed by atoms with E-state index in [1.165, 1.54) is 5.56 Å². The Hall–Kier alpha value is -1.84. The average molecular weight is 189 g/mol. The second-order valence-electron chi connectivity index (χ2n) is 3.06. The van der Waals surface area contributed by atoms with Crippen molar-refractivity contribution < 1.29 is 0 Å². The maximum Gasteiger partial charge on any atom is 0.325 e. The quantitative estimate of drug-likeness (QED) is 0.777. The van der Waals surface area contributed by atoms with Gasteiger partial charge in [-0.1, -0.05) is 0 Å². The molecule has 1 N–H and O–H groups in total. The lowest BCUT2D eigenvalue weighted by molar-refractivity contribution is 0.671. The molecule has 0 aliphatic carbocycles. The predicted octanol–water partition coefficient (Wildman–Crippen LogP) is 0.814. The summed E-state index contributed by atoms with van der Waals surface area (Å²) >= 11 is 0. The van der Waals surface area contributed by atoms with Crippen LogP contribution in [-0.4, -0.2) is 14.5 Å². The van der Waals surface area contributed by atoms with Gasteiger partial charge in [-0.2, -0.15) is 0 Å². The number of imidazole rings is 1. The van der Waals surface area contributed by atoms with E-state index in [2.05, 4.69) is 9.97 Å². The van der Waals surface area contributed by atoms with Crippen molar-refractivity contribution in [1.82, 2.24) is 14.5 Å². The zero-order chi connectivity index (χ0) is 9.80. The molecule has 2 aromatic rings. The fourth-order valence-corrected chi connectivity index (χ4v) is 1.32. The Morgan fingerprint density at radius 2 is 2.14 bits per heavy atom. The number of aromatic nitrogens is 3. The molecule has 0 radical (unpaired) electrons. The van der Waals surface area contributed by atoms with E-state index >= 15 is 0 Å². The molecule has 0 aromatic carbocycles. The van der Waals surface area contributed by atoms with Gasteiger partial charge in [-0.25, -0.2) is 4.79 Å². The lowest BCUT2D eigenvalue weighted by Gasteiger charge is -2.00. The van der Waals surface area contributed by atoms with Crippen LogP contribution in [0.4, 0.5) is 0 Å². The number of nitrogens with one attached hydrogen (secondary N) is 1. The molecule has 0 atom stereocenters. The molecule has 0 unspecified atom stereocenters. The standard InChI is InChI=1S/C10H11N3O/c14-10-12-6-8-13(10)7-3-9-1-4-11-5-2-9/h1-2,4-6,8H,3,7H2,(H,12,14). The normalized spacial score (nSPS) is 10.3. The molecular weight excluding hydrogens is 178 g/mol. The van der Waals surface area contributed by atoms with Gasteiger partial charge in [-0.3, -0.25) is 9.55 Å². The van der Waals surface area contributed by atoms with E-state index in [1.54, 1.807) is 29.4 Å². The Morgan fingerprint density at radius 3 is 2.79 bits per heavy atom. The van der Waals surface area contributed by atoms with Crippen molar-refractivity contribution in [2.75, 3.05) is 0 Å². The van der Waals surface area contributed by atoms with Crippen LogP contribution in [-0.2, 0) is 13.0 Å². The Bertz CT molecular complexity index is 444. The van der Waals surface area contributed by atoms with Crippen LogP contribution >= 0.6 is 0 Å². The van der Waals surface area contributed by atoms with Gasteiger partial charge >= 0.3 is 5.69 Å². The number of pyridine rings is 1. The topological polar surface area (TPSA) is 50.7 Å². The Kier molecular flexibility index (Phi) is 2.44. The maximum atomic E-state index is 11.1. The molecule has 0 fully saturated rings. The second kappa shape index (κ2) is 3.91. The van der Waals surface area contributed by atoms with E-state index in [-0.39, 0.29) is 5.69 Å². The van der Waals surface area contributed by atoms with Gasteiger partial charge in [0.2, 0.25) is 0 Å². The van der Waals surface area contributed by atoms with Gasteiger partial charge in [0, 0.05) is 31.3 Å². The van der Waals surface area contributed by atoms with Crippen LogP contribution in [0.15, 0.2) is 41.7 Å². The van der Waals surface area contributed by atoms with Crippen molar-refractivity contribution in [3.63, 3.8) is 0 Å². The summed E-state index contributed by atoms with van der Waals surface area (Å²) in [6.45, 7) is 0.701. The molecule has 2 rings (SSSR count). The van der Waals surface area contributed by atoms with E-state index in [0.29, 0.717) is 6.54 Å². The zero-order valence-electron chi connectivity index (χ0n) is 7.68. The molecule has 4 nitrogen and oxygen atoms in total. The number of hydrogen-bond donors (Lipinski definition) is 1. The fraction of sp³-hybridized carbons (Fsp3) is 0.200. The predicted molar refractivity (Wildman–Crippen MR) is 53.0 cm³/mol. The molecule has 2 aromatic heterocycles. The number of aromatic amines is 1. The molecule has 0 aliphatic rings. The van der Waals surface area contributed by atoms with Gasteiger partial charge in [-0.15, -0.1) is 0 Å². The van der Waals surface area contributed by atoms with E-state index in [4.69, 9.17) is 0 Å². The Labute approximate surface area is 81.2 Å². The number of hydrogen-bond acceptors (Lipinski definition) is 2. The highest BCUT2D eigenvalue weighted by molar-refractivity contribution is 5.09. The van der Waals surface area contributed by atoms with Crippen LogP contribution in [0.25, 0.3) is 0 Å². The van der Waals surface area contributed by atoms with Crippen molar-refractivity contribution in [1.29, 1.82) is 0 Å². The third kappa shape index (κ3) is 1.90. The molecule has 2 heterocycles. The third-order valence-corrected chi connectivity index (χ3v) is 2.11. The Morgan fingerprint density at radius 1 is 1.36 bits per heavy atom. The molecule has 0 bridgehead atoms. The fourth-order valence-electron chi connectivity index (χ4n) is 1.32. The van der Waals surface area contributed by atoms with E-state index in [9.17, 15) is 4.79 Å². The number of aryl methyl sites for hydroxylation is 2. The Balaban J connectivity index is 2.02. The van der Waals surface area contributed by atoms with Gasteiger partial charge in [0.15, 0.2) is 0 Å². The molecule has 0 saturated heterocycles. The van der Waals surface area contributed by atoms with Crippen molar-refractivity contribution in [2.45, 2.75) is 13.0 Å². The summed E-state index contributed by atoms with van der Waals surface area (Å²) in [6.07, 6.45) is 7.77. The first kappa shape index (κ1) is 8.74. The number of H-pyrrole nitrogens is 1. The number of nitrogens with zero attached hydrogens (tertiary/aromatic N) is 2. The first-order valence-electron chi connectivity index (χ1n) is 4.49. The summed E-state index contributed by atoms with van der Waals surface area (Å²) in [5.74, 6) is 0. The van der Waals surface area contributed by atoms with E-state index in [1.807, 2.05) is 12.1 Å². The van der Waals surface area contributed by atoms with Crippen molar-refractivity contribution in [3.05, 3.63) is 53.0 Å². The van der Waals surface area contributed by atoms with Crippen LogP contribution in [0, 0.1) is 0 Å². The van der Waals surface area contributed by atoms with Crippen LogP contribution in [0.3, 0.4) is 0 Å². The summed E-state index contributed by atoms with van der Waals surface area (Å²) in [5, 5.41) is 0.